The third-order valence-electron chi connectivity index (χ3n) is 2.59. The first kappa shape index (κ1) is 24.5. The van der Waals surface area contributed by atoms with Crippen LogP contribution in [-0.2, 0) is 4.79 Å². The minimum Gasteiger partial charge on any atom is -0.481 e. The summed E-state index contributed by atoms with van der Waals surface area (Å²) >= 11 is 0. The molecule has 0 aromatic carbocycles. The van der Waals surface area contributed by atoms with Gasteiger partial charge in [0.05, 0.1) is 5.69 Å². The monoisotopic (exact) mass is 342 g/mol. The molecule has 1 aromatic rings. The maximum absolute atomic E-state index is 9.00. The zero-order valence-electron chi connectivity index (χ0n) is 16.2. The molecule has 0 aliphatic heterocycles. The second-order valence-corrected chi connectivity index (χ2v) is 4.37. The van der Waals surface area contributed by atoms with Crippen LogP contribution < -0.4 is 0 Å². The van der Waals surface area contributed by atoms with Gasteiger partial charge >= 0.3 is 0 Å². The molecule has 25 heavy (non-hydrogen) atoms. The topological polar surface area (TPSA) is 63.1 Å². The Hall–Kier alpha value is -2.75. The second-order valence-electron chi connectivity index (χ2n) is 4.37. The minimum atomic E-state index is -0.833. The molecule has 136 valence electrons. The lowest BCUT2D eigenvalue weighted by molar-refractivity contribution is -0.134. The van der Waals surface area contributed by atoms with Crippen LogP contribution in [0.2, 0.25) is 0 Å². The number of hydrogen-bond acceptors (Lipinski definition) is 3. The molecule has 1 N–H and O–H groups in total. The molecule has 0 radical (unpaired) electrons. The fourth-order valence-corrected chi connectivity index (χ4v) is 1.64. The Balaban J connectivity index is 0. The van der Waals surface area contributed by atoms with Crippen LogP contribution in [0.25, 0.3) is 11.1 Å². The van der Waals surface area contributed by atoms with Crippen molar-refractivity contribution in [3.05, 3.63) is 72.9 Å². The average molecular weight is 342 g/mol. The van der Waals surface area contributed by atoms with Crippen LogP contribution in [0.5, 0.6) is 0 Å². The number of hydrogen-bond donors (Lipinski definition) is 1. The molecular formula is C21H30N2O2. The maximum atomic E-state index is 9.00. The van der Waals surface area contributed by atoms with E-state index in [4.69, 9.17) is 9.90 Å². The van der Waals surface area contributed by atoms with E-state index < -0.39 is 5.97 Å². The molecule has 1 heterocycles. The van der Waals surface area contributed by atoms with Gasteiger partial charge in [0.1, 0.15) is 0 Å². The summed E-state index contributed by atoms with van der Waals surface area (Å²) < 4.78 is 0. The highest BCUT2D eigenvalue weighted by molar-refractivity contribution is 5.74. The van der Waals surface area contributed by atoms with E-state index in [1.165, 1.54) is 0 Å². The fourth-order valence-electron chi connectivity index (χ4n) is 1.64. The highest BCUT2D eigenvalue weighted by Crippen LogP contribution is 2.17. The van der Waals surface area contributed by atoms with E-state index >= 15 is 0 Å². The largest absolute Gasteiger partial charge is 0.481 e. The molecule has 0 atom stereocenters. The summed E-state index contributed by atoms with van der Waals surface area (Å²) in [6.07, 6.45) is 15.4. The van der Waals surface area contributed by atoms with Crippen LogP contribution in [0.15, 0.2) is 61.4 Å². The van der Waals surface area contributed by atoms with Gasteiger partial charge in [0.2, 0.25) is 0 Å². The van der Waals surface area contributed by atoms with Crippen molar-refractivity contribution < 1.29 is 9.90 Å². The molecule has 1 aromatic heterocycles. The van der Waals surface area contributed by atoms with E-state index in [0.717, 1.165) is 29.6 Å². The number of carboxylic acids is 1. The van der Waals surface area contributed by atoms with E-state index in [9.17, 15) is 0 Å². The van der Waals surface area contributed by atoms with Crippen LogP contribution in [-0.4, -0.2) is 21.0 Å². The fraction of sp³-hybridized carbons (Fsp3) is 0.286. The number of carbonyl (C=O) groups is 1. The van der Waals surface area contributed by atoms with Crippen LogP contribution in [0.4, 0.5) is 0 Å². The molecule has 0 amide bonds. The first-order chi connectivity index (χ1) is 12.0. The van der Waals surface area contributed by atoms with Crippen molar-refractivity contribution in [2.45, 2.75) is 41.5 Å². The summed E-state index contributed by atoms with van der Waals surface area (Å²) in [7, 11) is 0. The number of aromatic nitrogens is 2. The third-order valence-corrected chi connectivity index (χ3v) is 2.59. The van der Waals surface area contributed by atoms with Gasteiger partial charge in [0, 0.05) is 18.7 Å². The lowest BCUT2D eigenvalue weighted by Crippen LogP contribution is -1.96. The highest BCUT2D eigenvalue weighted by atomic mass is 16.4. The summed E-state index contributed by atoms with van der Waals surface area (Å²) in [5.74, 6) is -0.109. The molecule has 4 heteroatoms. The van der Waals surface area contributed by atoms with Crippen LogP contribution in [0.3, 0.4) is 0 Å². The van der Waals surface area contributed by atoms with E-state index in [1.807, 2.05) is 77.1 Å². The Morgan fingerprint density at radius 1 is 1.12 bits per heavy atom. The Morgan fingerprint density at radius 3 is 2.12 bits per heavy atom. The van der Waals surface area contributed by atoms with Crippen molar-refractivity contribution in [1.29, 1.82) is 0 Å². The Morgan fingerprint density at radius 2 is 1.68 bits per heavy atom. The molecule has 0 aliphatic carbocycles. The van der Waals surface area contributed by atoms with Gasteiger partial charge < -0.3 is 5.11 Å². The third kappa shape index (κ3) is 11.4. The van der Waals surface area contributed by atoms with Gasteiger partial charge in [-0.3, -0.25) is 4.79 Å². The molecule has 4 nitrogen and oxygen atoms in total. The maximum Gasteiger partial charge on any atom is 0.300 e. The van der Waals surface area contributed by atoms with Crippen molar-refractivity contribution in [3.63, 3.8) is 0 Å². The molecule has 0 bridgehead atoms. The SMILES string of the molecule is C=C/C=C\C(=C/C)c1nccc(C(/C=C\C)=C/C)n1.CC.CC(=O)O. The van der Waals surface area contributed by atoms with Crippen molar-refractivity contribution in [2.24, 2.45) is 0 Å². The number of allylic oxidation sites excluding steroid dienone is 9. The molecule has 0 unspecified atom stereocenters. The van der Waals surface area contributed by atoms with Gasteiger partial charge in [-0.1, -0.05) is 63.0 Å². The zero-order chi connectivity index (χ0) is 19.7. The van der Waals surface area contributed by atoms with E-state index in [0.29, 0.717) is 0 Å². The quantitative estimate of drug-likeness (QED) is 0.695. The summed E-state index contributed by atoms with van der Waals surface area (Å²) in [5.41, 5.74) is 3.00. The van der Waals surface area contributed by atoms with E-state index in [2.05, 4.69) is 16.5 Å². The van der Waals surface area contributed by atoms with Crippen molar-refractivity contribution >= 4 is 17.1 Å². The number of carboxylic acid groups (broad SMARTS) is 1. The number of aliphatic carboxylic acids is 1. The van der Waals surface area contributed by atoms with Gasteiger partial charge in [-0.2, -0.15) is 0 Å². The Bertz CT molecular complexity index is 635. The Kier molecular flexibility index (Phi) is 15.8. The van der Waals surface area contributed by atoms with Gasteiger partial charge in [0.25, 0.3) is 5.97 Å². The van der Waals surface area contributed by atoms with Crippen LogP contribution in [0.1, 0.15) is 53.1 Å². The summed E-state index contributed by atoms with van der Waals surface area (Å²) in [6.45, 7) is 14.7. The van der Waals surface area contributed by atoms with E-state index in [-0.39, 0.29) is 0 Å². The smallest absolute Gasteiger partial charge is 0.300 e. The summed E-state index contributed by atoms with van der Waals surface area (Å²) in [5, 5.41) is 7.42. The predicted octanol–water partition coefficient (Wildman–Crippen LogP) is 5.72. The molecule has 1 rings (SSSR count). The number of rotatable bonds is 5. The summed E-state index contributed by atoms with van der Waals surface area (Å²) in [6, 6.07) is 1.92. The van der Waals surface area contributed by atoms with Crippen molar-refractivity contribution in [2.75, 3.05) is 0 Å². The minimum absolute atomic E-state index is 0.724. The van der Waals surface area contributed by atoms with Gasteiger partial charge in [-0.15, -0.1) is 0 Å². The van der Waals surface area contributed by atoms with Gasteiger partial charge in [-0.25, -0.2) is 9.97 Å². The van der Waals surface area contributed by atoms with Crippen LogP contribution >= 0.6 is 0 Å². The molecular weight excluding hydrogens is 312 g/mol. The zero-order valence-corrected chi connectivity index (χ0v) is 16.2. The lowest BCUT2D eigenvalue weighted by atomic mass is 10.1. The first-order valence-electron chi connectivity index (χ1n) is 8.27. The molecule has 0 saturated heterocycles. The normalized spacial score (nSPS) is 11.4. The van der Waals surface area contributed by atoms with Crippen molar-refractivity contribution in [1.82, 2.24) is 9.97 Å². The average Bonchev–Trinajstić information content (AvgIpc) is 2.62. The first-order valence-corrected chi connectivity index (χ1v) is 8.27. The Labute approximate surface area is 152 Å². The standard InChI is InChI=1S/C17H20N2.C2H4O2.C2H6/c1-5-9-11-15(8-4)17-18-13-12-16(19-17)14(7-3)10-6-2;1-2(3)4;1-2/h5-13H,1H2,2-4H3;1H3,(H,3,4);1-2H3/b10-6-,11-9-,14-7+,15-8+;;. The molecule has 0 aliphatic rings. The predicted molar refractivity (Wildman–Crippen MR) is 108 cm³/mol. The lowest BCUT2D eigenvalue weighted by Gasteiger charge is -2.05. The van der Waals surface area contributed by atoms with Crippen molar-refractivity contribution in [3.8, 4) is 0 Å². The second kappa shape index (κ2) is 16.1. The van der Waals surface area contributed by atoms with Gasteiger partial charge in [-0.05, 0) is 32.4 Å². The molecule has 0 fully saturated rings. The van der Waals surface area contributed by atoms with Crippen LogP contribution in [0, 0.1) is 0 Å². The van der Waals surface area contributed by atoms with E-state index in [1.54, 1.807) is 12.3 Å². The summed E-state index contributed by atoms with van der Waals surface area (Å²) in [4.78, 5) is 17.9. The highest BCUT2D eigenvalue weighted by Gasteiger charge is 2.04. The molecule has 0 spiro atoms. The molecule has 0 saturated carbocycles. The number of nitrogens with zero attached hydrogens (tertiary/aromatic N) is 2. The van der Waals surface area contributed by atoms with Gasteiger partial charge in [0.15, 0.2) is 5.82 Å².